The van der Waals surface area contributed by atoms with Gasteiger partial charge in [0.25, 0.3) is 0 Å². The maximum atomic E-state index is 2.52. The van der Waals surface area contributed by atoms with Crippen molar-refractivity contribution in [3.8, 4) is 33.8 Å². The average molecular weight is 587 g/mol. The van der Waals surface area contributed by atoms with Gasteiger partial charge in [0.2, 0.25) is 29.7 Å². The van der Waals surface area contributed by atoms with Crippen molar-refractivity contribution in [1.82, 2.24) is 0 Å². The standard InChI is InChI=1S/C42H40N3/c1-3-30(2)26-31-22-25-43-29-42(37-19-9-7-17-35(37)40(43)27-31)45-24-13-11-21-39(45)34-16-6-8-18-36(34)41-28-32-14-4-5-15-33(32)38-20-10-12-23-44(38)41/h4-25,27,30,41-42H,3,26,28-29H2,1-2H3/q+3. The van der Waals surface area contributed by atoms with Crippen LogP contribution in [0.3, 0.4) is 0 Å². The second-order valence-electron chi connectivity index (χ2n) is 12.8. The first-order chi connectivity index (χ1) is 22.2. The van der Waals surface area contributed by atoms with Gasteiger partial charge < -0.3 is 0 Å². The smallest absolute Gasteiger partial charge is 0.191 e. The first-order valence-corrected chi connectivity index (χ1v) is 16.5. The summed E-state index contributed by atoms with van der Waals surface area (Å²) < 4.78 is 7.47. The third kappa shape index (κ3) is 4.88. The lowest BCUT2D eigenvalue weighted by Crippen LogP contribution is -2.53. The van der Waals surface area contributed by atoms with E-state index >= 15 is 0 Å². The van der Waals surface area contributed by atoms with E-state index in [0.717, 1.165) is 19.4 Å². The maximum absolute atomic E-state index is 2.52. The molecule has 3 heteroatoms. The van der Waals surface area contributed by atoms with E-state index in [1.54, 1.807) is 0 Å². The number of rotatable bonds is 6. The molecular formula is C42H40N3+3. The zero-order chi connectivity index (χ0) is 30.3. The van der Waals surface area contributed by atoms with Crippen LogP contribution in [0.2, 0.25) is 0 Å². The van der Waals surface area contributed by atoms with Gasteiger partial charge in [-0.05, 0) is 53.8 Å². The normalized spacial score (nSPS) is 17.0. The van der Waals surface area contributed by atoms with E-state index in [1.165, 1.54) is 62.4 Å². The van der Waals surface area contributed by atoms with Crippen LogP contribution in [-0.2, 0) is 19.4 Å². The molecule has 0 aliphatic carbocycles. The lowest BCUT2D eigenvalue weighted by atomic mass is 9.86. The largest absolute Gasteiger partial charge is 0.243 e. The van der Waals surface area contributed by atoms with Crippen molar-refractivity contribution in [1.29, 1.82) is 0 Å². The molecule has 0 saturated heterocycles. The predicted molar refractivity (Wildman–Crippen MR) is 179 cm³/mol. The van der Waals surface area contributed by atoms with Crippen LogP contribution in [-0.4, -0.2) is 0 Å². The second kappa shape index (κ2) is 11.6. The highest BCUT2D eigenvalue weighted by Gasteiger charge is 2.40. The lowest BCUT2D eigenvalue weighted by Gasteiger charge is -2.25. The van der Waals surface area contributed by atoms with Crippen molar-refractivity contribution in [3.63, 3.8) is 0 Å². The lowest BCUT2D eigenvalue weighted by molar-refractivity contribution is -0.784. The molecule has 0 bridgehead atoms. The number of hydrogen-bond donors (Lipinski definition) is 0. The maximum Gasteiger partial charge on any atom is 0.243 e. The summed E-state index contributed by atoms with van der Waals surface area (Å²) in [5, 5.41) is 0. The Bertz CT molecular complexity index is 2030. The molecular weight excluding hydrogens is 546 g/mol. The topological polar surface area (TPSA) is 11.6 Å². The molecule has 220 valence electrons. The molecule has 3 unspecified atom stereocenters. The number of aromatic nitrogens is 3. The molecule has 2 aliphatic heterocycles. The average Bonchev–Trinajstić information content (AvgIpc) is 3.11. The Hall–Kier alpha value is -4.89. The predicted octanol–water partition coefficient (Wildman–Crippen LogP) is 7.89. The van der Waals surface area contributed by atoms with Crippen LogP contribution < -0.4 is 13.7 Å². The minimum Gasteiger partial charge on any atom is -0.191 e. The molecule has 3 aromatic carbocycles. The van der Waals surface area contributed by atoms with Crippen LogP contribution in [0.1, 0.15) is 54.6 Å². The molecule has 2 aliphatic rings. The molecule has 6 aromatic rings. The van der Waals surface area contributed by atoms with Gasteiger partial charge in [-0.1, -0.05) is 74.9 Å². The molecule has 5 heterocycles. The van der Waals surface area contributed by atoms with Gasteiger partial charge in [-0.2, -0.15) is 13.7 Å². The monoisotopic (exact) mass is 586 g/mol. The van der Waals surface area contributed by atoms with Crippen LogP contribution in [0.4, 0.5) is 0 Å². The highest BCUT2D eigenvalue weighted by Crippen LogP contribution is 2.37. The number of fused-ring (bicyclic) bond motifs is 6. The van der Waals surface area contributed by atoms with Crippen LogP contribution in [0.25, 0.3) is 33.8 Å². The molecule has 0 fully saturated rings. The molecule has 3 nitrogen and oxygen atoms in total. The Morgan fingerprint density at radius 3 is 1.91 bits per heavy atom. The summed E-state index contributed by atoms with van der Waals surface area (Å²) in [6.07, 6.45) is 10.2. The molecule has 0 radical (unpaired) electrons. The molecule has 8 rings (SSSR count). The third-order valence-corrected chi connectivity index (χ3v) is 10.1. The van der Waals surface area contributed by atoms with Gasteiger partial charge >= 0.3 is 0 Å². The van der Waals surface area contributed by atoms with E-state index in [2.05, 4.69) is 167 Å². The number of pyridine rings is 3. The van der Waals surface area contributed by atoms with Gasteiger partial charge in [0.1, 0.15) is 0 Å². The van der Waals surface area contributed by atoms with Gasteiger partial charge in [-0.3, -0.25) is 0 Å². The fourth-order valence-electron chi connectivity index (χ4n) is 7.63. The quantitative estimate of drug-likeness (QED) is 0.176. The summed E-state index contributed by atoms with van der Waals surface area (Å²) in [4.78, 5) is 0. The van der Waals surface area contributed by atoms with Crippen molar-refractivity contribution in [3.05, 3.63) is 162 Å². The number of nitrogens with zero attached hydrogens (tertiary/aromatic N) is 3. The zero-order valence-corrected chi connectivity index (χ0v) is 26.2. The molecule has 0 spiro atoms. The van der Waals surface area contributed by atoms with Crippen LogP contribution in [0.15, 0.2) is 140 Å². The van der Waals surface area contributed by atoms with Crippen molar-refractivity contribution < 1.29 is 13.7 Å². The zero-order valence-electron chi connectivity index (χ0n) is 26.2. The first-order valence-electron chi connectivity index (χ1n) is 16.5. The Balaban J connectivity index is 1.24. The highest BCUT2D eigenvalue weighted by atomic mass is 15.1. The van der Waals surface area contributed by atoms with Crippen LogP contribution in [0, 0.1) is 5.92 Å². The van der Waals surface area contributed by atoms with Crippen molar-refractivity contribution in [2.45, 2.75) is 51.7 Å². The second-order valence-corrected chi connectivity index (χ2v) is 12.8. The van der Waals surface area contributed by atoms with E-state index in [-0.39, 0.29) is 12.1 Å². The Morgan fingerprint density at radius 1 is 0.600 bits per heavy atom. The third-order valence-electron chi connectivity index (χ3n) is 10.1. The Kier molecular flexibility index (Phi) is 7.10. The van der Waals surface area contributed by atoms with Gasteiger partial charge in [-0.15, -0.1) is 0 Å². The number of hydrogen-bond acceptors (Lipinski definition) is 0. The van der Waals surface area contributed by atoms with E-state index in [1.807, 2.05) is 0 Å². The van der Waals surface area contributed by atoms with E-state index in [4.69, 9.17) is 0 Å². The van der Waals surface area contributed by atoms with Crippen LogP contribution in [0.5, 0.6) is 0 Å². The molecule has 3 aromatic heterocycles. The summed E-state index contributed by atoms with van der Waals surface area (Å²) in [5.41, 5.74) is 13.4. The number of benzene rings is 3. The molecule has 0 N–H and O–H groups in total. The Morgan fingerprint density at radius 2 is 1.18 bits per heavy atom. The SMILES string of the molecule is CCC(C)Cc1cc[n+]2c(c1)-c1ccccc1C([n+]1ccccc1-c1ccccc1C1Cc3ccccc3-c3cccc[n+]31)C2. The van der Waals surface area contributed by atoms with Gasteiger partial charge in [0, 0.05) is 59.5 Å². The van der Waals surface area contributed by atoms with Gasteiger partial charge in [0.15, 0.2) is 24.6 Å². The summed E-state index contributed by atoms with van der Waals surface area (Å²) in [6, 6.07) is 45.4. The van der Waals surface area contributed by atoms with Crippen molar-refractivity contribution in [2.24, 2.45) is 5.92 Å². The Labute approximate surface area is 266 Å². The van der Waals surface area contributed by atoms with E-state index in [9.17, 15) is 0 Å². The summed E-state index contributed by atoms with van der Waals surface area (Å²) in [5.74, 6) is 0.685. The molecule has 3 atom stereocenters. The van der Waals surface area contributed by atoms with E-state index in [0.29, 0.717) is 5.92 Å². The highest BCUT2D eigenvalue weighted by molar-refractivity contribution is 5.66. The van der Waals surface area contributed by atoms with Crippen LogP contribution >= 0.6 is 0 Å². The van der Waals surface area contributed by atoms with Crippen molar-refractivity contribution in [2.75, 3.05) is 0 Å². The first kappa shape index (κ1) is 27.6. The summed E-state index contributed by atoms with van der Waals surface area (Å²) in [7, 11) is 0. The summed E-state index contributed by atoms with van der Waals surface area (Å²) in [6.45, 7) is 5.54. The minimum absolute atomic E-state index is 0.176. The van der Waals surface area contributed by atoms with Crippen molar-refractivity contribution >= 4 is 0 Å². The minimum atomic E-state index is 0.176. The fraction of sp³-hybridized carbons (Fsp3) is 0.214. The molecule has 45 heavy (non-hydrogen) atoms. The molecule has 0 amide bonds. The fourth-order valence-corrected chi connectivity index (χ4v) is 7.63. The molecule has 0 saturated carbocycles. The van der Waals surface area contributed by atoms with Gasteiger partial charge in [0.05, 0.1) is 11.1 Å². The van der Waals surface area contributed by atoms with E-state index < -0.39 is 0 Å². The summed E-state index contributed by atoms with van der Waals surface area (Å²) >= 11 is 0. The van der Waals surface area contributed by atoms with Gasteiger partial charge in [-0.25, -0.2) is 0 Å².